The molecule has 1 rings (SSSR count). The van der Waals surface area contributed by atoms with E-state index in [1.807, 2.05) is 24.3 Å². The average molecular weight is 214 g/mol. The van der Waals surface area contributed by atoms with Crippen LogP contribution in [0.15, 0.2) is 28.7 Å². The Morgan fingerprint density at radius 2 is 2.09 bits per heavy atom. The molecule has 0 saturated carbocycles. The van der Waals surface area contributed by atoms with Gasteiger partial charge in [0.1, 0.15) is 0 Å². The van der Waals surface area contributed by atoms with Crippen LogP contribution in [-0.2, 0) is 4.74 Å². The van der Waals surface area contributed by atoms with Gasteiger partial charge in [-0.05, 0) is 28.1 Å². The second-order valence-corrected chi connectivity index (χ2v) is 2.87. The maximum absolute atomic E-state index is 7.37. The molecule has 0 fully saturated rings. The molecule has 0 saturated heterocycles. The lowest BCUT2D eigenvalue weighted by atomic mass is 10.2. The molecule has 58 valence electrons. The number of benzene rings is 1. The summed E-state index contributed by atoms with van der Waals surface area (Å²) in [7, 11) is 1.49. The molecule has 0 aliphatic rings. The summed E-state index contributed by atoms with van der Waals surface area (Å²) in [6.07, 6.45) is 0. The first-order valence-electron chi connectivity index (χ1n) is 3.13. The minimum absolute atomic E-state index is 0.178. The molecule has 0 unspecified atom stereocenters. The van der Waals surface area contributed by atoms with Gasteiger partial charge in [-0.2, -0.15) is 0 Å². The number of rotatable bonds is 1. The van der Waals surface area contributed by atoms with E-state index in [4.69, 9.17) is 10.1 Å². The third kappa shape index (κ3) is 1.80. The Bertz CT molecular complexity index is 273. The Morgan fingerprint density at radius 3 is 2.64 bits per heavy atom. The molecular weight excluding hydrogens is 206 g/mol. The smallest absolute Gasteiger partial charge is 0.214 e. The van der Waals surface area contributed by atoms with Crippen LogP contribution in [0.25, 0.3) is 0 Å². The minimum atomic E-state index is 0.178. The molecule has 0 radical (unpaired) electrons. The second-order valence-electron chi connectivity index (χ2n) is 2.01. The summed E-state index contributed by atoms with van der Waals surface area (Å²) >= 11 is 3.32. The van der Waals surface area contributed by atoms with Crippen molar-refractivity contribution in [1.29, 1.82) is 5.41 Å². The minimum Gasteiger partial charge on any atom is -0.481 e. The lowest BCUT2D eigenvalue weighted by molar-refractivity contribution is 0.401. The molecule has 0 amide bonds. The number of ether oxygens (including phenoxy) is 1. The van der Waals surface area contributed by atoms with E-state index in [1.165, 1.54) is 7.11 Å². The predicted octanol–water partition coefficient (Wildman–Crippen LogP) is 2.42. The van der Waals surface area contributed by atoms with Crippen LogP contribution in [0.2, 0.25) is 0 Å². The van der Waals surface area contributed by atoms with E-state index in [0.717, 1.165) is 10.0 Å². The van der Waals surface area contributed by atoms with Crippen molar-refractivity contribution in [2.24, 2.45) is 0 Å². The number of methoxy groups -OCH3 is 1. The van der Waals surface area contributed by atoms with Gasteiger partial charge < -0.3 is 4.74 Å². The van der Waals surface area contributed by atoms with Gasteiger partial charge in [0.25, 0.3) is 0 Å². The SMILES string of the molecule is COC(=N)c1ccccc1Br. The molecule has 0 heterocycles. The lowest BCUT2D eigenvalue weighted by Gasteiger charge is -2.02. The first kappa shape index (κ1) is 8.27. The molecule has 0 spiro atoms. The van der Waals surface area contributed by atoms with Crippen LogP contribution in [0.4, 0.5) is 0 Å². The Balaban J connectivity index is 3.03. The van der Waals surface area contributed by atoms with Crippen molar-refractivity contribution in [3.8, 4) is 0 Å². The fraction of sp³-hybridized carbons (Fsp3) is 0.125. The van der Waals surface area contributed by atoms with E-state index >= 15 is 0 Å². The molecule has 0 aromatic heterocycles. The Morgan fingerprint density at radius 1 is 1.45 bits per heavy atom. The zero-order valence-electron chi connectivity index (χ0n) is 6.10. The molecular formula is C8H8BrNO. The summed E-state index contributed by atoms with van der Waals surface area (Å²) in [6, 6.07) is 7.48. The molecule has 3 heteroatoms. The van der Waals surface area contributed by atoms with E-state index in [-0.39, 0.29) is 5.90 Å². The van der Waals surface area contributed by atoms with Crippen LogP contribution in [0.5, 0.6) is 0 Å². The predicted molar refractivity (Wildman–Crippen MR) is 48.0 cm³/mol. The first-order chi connectivity index (χ1) is 5.25. The van der Waals surface area contributed by atoms with E-state index in [9.17, 15) is 0 Å². The molecule has 0 atom stereocenters. The Hall–Kier alpha value is -0.830. The number of hydrogen-bond acceptors (Lipinski definition) is 2. The zero-order chi connectivity index (χ0) is 8.27. The molecule has 11 heavy (non-hydrogen) atoms. The van der Waals surface area contributed by atoms with E-state index < -0.39 is 0 Å². The number of hydrogen-bond donors (Lipinski definition) is 1. The Labute approximate surface area is 73.8 Å². The van der Waals surface area contributed by atoms with Crippen molar-refractivity contribution < 1.29 is 4.74 Å². The molecule has 0 aliphatic carbocycles. The van der Waals surface area contributed by atoms with E-state index in [1.54, 1.807) is 0 Å². The molecule has 1 N–H and O–H groups in total. The van der Waals surface area contributed by atoms with Gasteiger partial charge in [-0.3, -0.25) is 5.41 Å². The molecule has 0 aliphatic heterocycles. The van der Waals surface area contributed by atoms with Gasteiger partial charge in [-0.25, -0.2) is 0 Å². The van der Waals surface area contributed by atoms with Crippen LogP contribution in [0, 0.1) is 5.41 Å². The monoisotopic (exact) mass is 213 g/mol. The van der Waals surface area contributed by atoms with Crippen molar-refractivity contribution in [1.82, 2.24) is 0 Å². The Kier molecular flexibility index (Phi) is 2.65. The first-order valence-corrected chi connectivity index (χ1v) is 3.92. The van der Waals surface area contributed by atoms with Crippen molar-refractivity contribution in [2.45, 2.75) is 0 Å². The highest BCUT2D eigenvalue weighted by atomic mass is 79.9. The molecule has 1 aromatic carbocycles. The van der Waals surface area contributed by atoms with Crippen molar-refractivity contribution in [2.75, 3.05) is 7.11 Å². The van der Waals surface area contributed by atoms with Gasteiger partial charge in [0.05, 0.1) is 12.7 Å². The van der Waals surface area contributed by atoms with Gasteiger partial charge in [-0.1, -0.05) is 12.1 Å². The molecule has 1 aromatic rings. The van der Waals surface area contributed by atoms with Gasteiger partial charge >= 0.3 is 0 Å². The average Bonchev–Trinajstić information content (AvgIpc) is 2.04. The summed E-state index contributed by atoms with van der Waals surface area (Å²) in [6.45, 7) is 0. The van der Waals surface area contributed by atoms with Crippen molar-refractivity contribution in [3.63, 3.8) is 0 Å². The van der Waals surface area contributed by atoms with Crippen molar-refractivity contribution >= 4 is 21.8 Å². The summed E-state index contributed by atoms with van der Waals surface area (Å²) in [4.78, 5) is 0. The lowest BCUT2D eigenvalue weighted by Crippen LogP contribution is -2.01. The third-order valence-electron chi connectivity index (χ3n) is 1.32. The van der Waals surface area contributed by atoms with Gasteiger partial charge in [-0.15, -0.1) is 0 Å². The summed E-state index contributed by atoms with van der Waals surface area (Å²) in [5, 5.41) is 7.37. The van der Waals surface area contributed by atoms with Crippen LogP contribution >= 0.6 is 15.9 Å². The van der Waals surface area contributed by atoms with Crippen LogP contribution < -0.4 is 0 Å². The third-order valence-corrected chi connectivity index (χ3v) is 2.01. The largest absolute Gasteiger partial charge is 0.481 e. The molecule has 2 nitrogen and oxygen atoms in total. The number of halogens is 1. The normalized spacial score (nSPS) is 9.27. The molecule has 0 bridgehead atoms. The second kappa shape index (κ2) is 3.53. The fourth-order valence-corrected chi connectivity index (χ4v) is 1.22. The standard InChI is InChI=1S/C8H8BrNO/c1-11-8(10)6-4-2-3-5-7(6)9/h2-5,10H,1H3. The maximum atomic E-state index is 7.37. The fourth-order valence-electron chi connectivity index (χ4n) is 0.755. The summed E-state index contributed by atoms with van der Waals surface area (Å²) < 4.78 is 5.65. The van der Waals surface area contributed by atoms with E-state index in [2.05, 4.69) is 15.9 Å². The summed E-state index contributed by atoms with van der Waals surface area (Å²) in [5.41, 5.74) is 0.773. The quantitative estimate of drug-likeness (QED) is 0.565. The van der Waals surface area contributed by atoms with Gasteiger partial charge in [0.2, 0.25) is 5.90 Å². The highest BCUT2D eigenvalue weighted by Crippen LogP contribution is 2.15. The van der Waals surface area contributed by atoms with Crippen LogP contribution in [0.1, 0.15) is 5.56 Å². The number of nitrogens with one attached hydrogen (secondary N) is 1. The summed E-state index contributed by atoms with van der Waals surface area (Å²) in [5.74, 6) is 0.178. The van der Waals surface area contributed by atoms with Crippen LogP contribution in [0.3, 0.4) is 0 Å². The highest BCUT2D eigenvalue weighted by molar-refractivity contribution is 9.10. The van der Waals surface area contributed by atoms with Crippen molar-refractivity contribution in [3.05, 3.63) is 34.3 Å². The topological polar surface area (TPSA) is 33.1 Å². The highest BCUT2D eigenvalue weighted by Gasteiger charge is 2.03. The maximum Gasteiger partial charge on any atom is 0.214 e. The van der Waals surface area contributed by atoms with E-state index in [0.29, 0.717) is 0 Å². The van der Waals surface area contributed by atoms with Crippen LogP contribution in [-0.4, -0.2) is 13.0 Å². The van der Waals surface area contributed by atoms with Gasteiger partial charge in [0, 0.05) is 4.47 Å². The van der Waals surface area contributed by atoms with Gasteiger partial charge in [0.15, 0.2) is 0 Å². The zero-order valence-corrected chi connectivity index (χ0v) is 7.68.